The SMILES string of the molecule is CC(C)C(=O)OCc1ccc(NC(=O)[C@H](CCCNC(N)=O)CC(=O)[C@@H](NC(=O)[C@H](CCC(=O)O)CC(=O)[C@H](CCC(=O)O)NC(=O)[C@H](CCC(=O)O)CC(=O)CCOCCOCCOCCOCCN2C(=O)C=CC2=O)C(C)C)cc1. The van der Waals surface area contributed by atoms with Crippen LogP contribution in [0.3, 0.4) is 0 Å². The number of carboxylic acid groups (broad SMARTS) is 3. The number of benzene rings is 1. The highest BCUT2D eigenvalue weighted by atomic mass is 16.6. The van der Waals surface area contributed by atoms with Crippen molar-refractivity contribution in [3.05, 3.63) is 42.0 Å². The molecule has 0 spiro atoms. The largest absolute Gasteiger partial charge is 0.481 e. The Labute approximate surface area is 475 Å². The summed E-state index contributed by atoms with van der Waals surface area (Å²) in [5, 5.41) is 38.8. The second-order valence-electron chi connectivity index (χ2n) is 20.0. The molecule has 0 aromatic heterocycles. The minimum atomic E-state index is -1.60. The number of imide groups is 1. The van der Waals surface area contributed by atoms with Crippen LogP contribution in [0.2, 0.25) is 0 Å². The molecule has 0 fully saturated rings. The van der Waals surface area contributed by atoms with Gasteiger partial charge in [-0.1, -0.05) is 39.8 Å². The molecule has 1 aliphatic rings. The predicted octanol–water partition coefficient (Wildman–Crippen LogP) is 2.10. The number of rotatable bonds is 46. The molecule has 0 radical (unpaired) electrons. The molecule has 7 amide bonds. The van der Waals surface area contributed by atoms with Crippen LogP contribution in [0, 0.1) is 29.6 Å². The van der Waals surface area contributed by atoms with Gasteiger partial charge in [0.1, 0.15) is 12.4 Å². The highest BCUT2D eigenvalue weighted by molar-refractivity contribution is 6.12. The van der Waals surface area contributed by atoms with Gasteiger partial charge in [0, 0.05) is 87.1 Å². The van der Waals surface area contributed by atoms with Crippen LogP contribution in [-0.2, 0) is 87.8 Å². The van der Waals surface area contributed by atoms with Crippen molar-refractivity contribution in [2.24, 2.45) is 35.3 Å². The van der Waals surface area contributed by atoms with Gasteiger partial charge in [0.05, 0.1) is 77.4 Å². The molecule has 9 N–H and O–H groups in total. The molecule has 1 aromatic carbocycles. The van der Waals surface area contributed by atoms with Crippen LogP contribution < -0.4 is 27.0 Å². The first-order chi connectivity index (χ1) is 38.9. The fourth-order valence-corrected chi connectivity index (χ4v) is 8.03. The average molecular weight is 1160 g/mol. The minimum Gasteiger partial charge on any atom is -0.481 e. The molecule has 0 saturated carbocycles. The van der Waals surface area contributed by atoms with E-state index in [1.54, 1.807) is 52.0 Å². The molecule has 0 saturated heterocycles. The molecule has 0 bridgehead atoms. The molecule has 0 unspecified atom stereocenters. The number of ketones is 3. The van der Waals surface area contributed by atoms with Crippen molar-refractivity contribution in [3.8, 4) is 0 Å². The van der Waals surface area contributed by atoms with E-state index in [0.717, 1.165) is 4.90 Å². The van der Waals surface area contributed by atoms with E-state index in [2.05, 4.69) is 21.3 Å². The molecule has 1 heterocycles. The van der Waals surface area contributed by atoms with Crippen LogP contribution >= 0.6 is 0 Å². The van der Waals surface area contributed by atoms with E-state index in [1.807, 2.05) is 0 Å². The van der Waals surface area contributed by atoms with Gasteiger partial charge >= 0.3 is 29.9 Å². The quantitative estimate of drug-likeness (QED) is 0.0263. The Bertz CT molecular complexity index is 2340. The van der Waals surface area contributed by atoms with Crippen LogP contribution in [0.15, 0.2) is 36.4 Å². The molecule has 5 atom stereocenters. The third-order valence-electron chi connectivity index (χ3n) is 12.7. The maximum absolute atomic E-state index is 14.1. The van der Waals surface area contributed by atoms with Crippen LogP contribution in [-0.4, -0.2) is 175 Å². The number of amides is 7. The summed E-state index contributed by atoms with van der Waals surface area (Å²) < 4.78 is 26.9. The zero-order valence-corrected chi connectivity index (χ0v) is 47.0. The van der Waals surface area contributed by atoms with E-state index in [4.69, 9.17) is 29.4 Å². The summed E-state index contributed by atoms with van der Waals surface area (Å²) in [7, 11) is 0. The number of esters is 1. The van der Waals surface area contributed by atoms with Gasteiger partial charge in [-0.05, 0) is 55.7 Å². The van der Waals surface area contributed by atoms with Gasteiger partial charge in [0.25, 0.3) is 11.8 Å². The standard InChI is InChI=1S/C55H80N6O21/c1-34(2)50(44(64)32-37(6-5-20-57-55(56)77)51(73)58-40-11-7-36(8-12-40)33-82-54(76)35(3)4)60-53(75)39(10-17-48(69)70)31-43(63)42(13-18-49(71)72)59-52(74)38(9-16-47(67)68)30-41(62)19-22-78-24-26-80-28-29-81-27-25-79-23-21-61-45(65)14-15-46(61)66/h7-8,11-12,14-15,34-35,37-39,42,50H,5-6,9-10,13,16-33H2,1-4H3,(H,58,73)(H,59,74)(H,60,75)(H,67,68)(H,69,70)(H,71,72)(H3,56,57,77)/t37-,38-,39-,42+,50+/m1/s1. The fraction of sp³-hybridized carbons (Fsp3) is 0.618. The Morgan fingerprint density at radius 1 is 0.573 bits per heavy atom. The topological polar surface area (TPSA) is 406 Å². The van der Waals surface area contributed by atoms with E-state index < -0.39 is 164 Å². The summed E-state index contributed by atoms with van der Waals surface area (Å²) in [6.45, 7) is 8.01. The van der Waals surface area contributed by atoms with Gasteiger partial charge in [-0.3, -0.25) is 62.4 Å². The van der Waals surface area contributed by atoms with Crippen LogP contribution in [0.25, 0.3) is 0 Å². The van der Waals surface area contributed by atoms with Gasteiger partial charge in [-0.25, -0.2) is 4.79 Å². The Balaban J connectivity index is 2.09. The predicted molar refractivity (Wildman–Crippen MR) is 289 cm³/mol. The van der Waals surface area contributed by atoms with E-state index in [0.29, 0.717) is 11.3 Å². The first-order valence-corrected chi connectivity index (χ1v) is 27.2. The number of anilines is 1. The highest BCUT2D eigenvalue weighted by Gasteiger charge is 2.35. The van der Waals surface area contributed by atoms with Crippen LogP contribution in [0.4, 0.5) is 10.5 Å². The molecule has 1 aliphatic heterocycles. The maximum Gasteiger partial charge on any atom is 0.312 e. The van der Waals surface area contributed by atoms with Gasteiger partial charge in [-0.2, -0.15) is 0 Å². The number of aliphatic carboxylic acids is 3. The molecule has 27 nitrogen and oxygen atoms in total. The smallest absolute Gasteiger partial charge is 0.312 e. The number of Topliss-reactive ketones (excluding diaryl/α,β-unsaturated/α-hetero) is 3. The molecule has 456 valence electrons. The lowest BCUT2D eigenvalue weighted by atomic mass is 9.87. The number of nitrogens with one attached hydrogen (secondary N) is 4. The summed E-state index contributed by atoms with van der Waals surface area (Å²) in [6, 6.07) is 2.75. The Morgan fingerprint density at radius 3 is 1.59 bits per heavy atom. The summed E-state index contributed by atoms with van der Waals surface area (Å²) in [5.74, 6) is -14.3. The molecule has 82 heavy (non-hydrogen) atoms. The molecule has 2 rings (SSSR count). The molecular formula is C55H80N6O21. The number of primary amides is 1. The number of carbonyl (C=O) groups excluding carboxylic acids is 10. The Hall–Kier alpha value is -7.49. The summed E-state index contributed by atoms with van der Waals surface area (Å²) in [4.78, 5) is 165. The number of nitrogens with zero attached hydrogens (tertiary/aromatic N) is 1. The molecule has 1 aromatic rings. The summed E-state index contributed by atoms with van der Waals surface area (Å²) >= 11 is 0. The second kappa shape index (κ2) is 39.0. The number of carboxylic acids is 3. The third kappa shape index (κ3) is 29.8. The first kappa shape index (κ1) is 70.6. The number of hydrogen-bond donors (Lipinski definition) is 8. The van der Waals surface area contributed by atoms with Gasteiger partial charge in [0.2, 0.25) is 17.7 Å². The van der Waals surface area contributed by atoms with Crippen molar-refractivity contribution < 1.29 is 101 Å². The lowest BCUT2D eigenvalue weighted by Gasteiger charge is -2.27. The van der Waals surface area contributed by atoms with Crippen molar-refractivity contribution >= 4 is 82.5 Å². The van der Waals surface area contributed by atoms with Crippen molar-refractivity contribution in [2.75, 3.05) is 71.3 Å². The lowest BCUT2D eigenvalue weighted by Crippen LogP contribution is -2.49. The van der Waals surface area contributed by atoms with Crippen LogP contribution in [0.5, 0.6) is 0 Å². The number of urea groups is 1. The zero-order valence-electron chi connectivity index (χ0n) is 47.0. The molecular weight excluding hydrogens is 1080 g/mol. The fourth-order valence-electron chi connectivity index (χ4n) is 8.03. The lowest BCUT2D eigenvalue weighted by molar-refractivity contribution is -0.148. The van der Waals surface area contributed by atoms with Gasteiger partial charge in [0.15, 0.2) is 11.6 Å². The van der Waals surface area contributed by atoms with Crippen molar-refractivity contribution in [3.63, 3.8) is 0 Å². The first-order valence-electron chi connectivity index (χ1n) is 27.2. The summed E-state index contributed by atoms with van der Waals surface area (Å²) in [5.41, 5.74) is 6.20. The normalized spacial score (nSPS) is 13.9. The van der Waals surface area contributed by atoms with E-state index in [9.17, 15) is 77.6 Å². The van der Waals surface area contributed by atoms with Crippen molar-refractivity contribution in [1.82, 2.24) is 20.9 Å². The maximum atomic E-state index is 14.1. The monoisotopic (exact) mass is 1160 g/mol. The second-order valence-corrected chi connectivity index (χ2v) is 20.0. The van der Waals surface area contributed by atoms with Crippen LogP contribution in [0.1, 0.15) is 110 Å². The van der Waals surface area contributed by atoms with E-state index >= 15 is 0 Å². The van der Waals surface area contributed by atoms with Crippen molar-refractivity contribution in [2.45, 2.75) is 123 Å². The van der Waals surface area contributed by atoms with Crippen molar-refractivity contribution in [1.29, 1.82) is 0 Å². The number of hydrogen-bond acceptors (Lipinski definition) is 18. The van der Waals surface area contributed by atoms with Gasteiger partial charge < -0.3 is 66.0 Å². The zero-order chi connectivity index (χ0) is 61.1. The average Bonchev–Trinajstić information content (AvgIpc) is 3.79. The number of ether oxygens (including phenoxy) is 5. The Kier molecular flexibility index (Phi) is 33.6. The molecule has 27 heteroatoms. The van der Waals surface area contributed by atoms with E-state index in [-0.39, 0.29) is 104 Å². The highest BCUT2D eigenvalue weighted by Crippen LogP contribution is 2.23. The minimum absolute atomic E-state index is 0.000314. The Morgan fingerprint density at radius 2 is 1.06 bits per heavy atom. The van der Waals surface area contributed by atoms with Gasteiger partial charge in [-0.15, -0.1) is 0 Å². The van der Waals surface area contributed by atoms with E-state index in [1.165, 1.54) is 12.2 Å². The molecule has 0 aliphatic carbocycles. The number of nitrogens with two attached hydrogens (primary N) is 1. The summed E-state index contributed by atoms with van der Waals surface area (Å²) in [6.07, 6.45) is -2.28. The number of carbonyl (C=O) groups is 13. The third-order valence-corrected chi connectivity index (χ3v) is 12.7.